The molecule has 3 rings (SSSR count). The number of nitrogens with one attached hydrogen (secondary N) is 2. The summed E-state index contributed by atoms with van der Waals surface area (Å²) < 4.78 is 16.0. The Bertz CT molecular complexity index is 785. The monoisotopic (exact) mass is 344 g/mol. The molecule has 0 fully saturated rings. The van der Waals surface area contributed by atoms with E-state index < -0.39 is 5.91 Å². The SMILES string of the molecule is CN=C(NCCc1ccc2c(c1)OCO2)NCc1ccc(C(N)=O)o1. The van der Waals surface area contributed by atoms with Crippen LogP contribution in [0.4, 0.5) is 0 Å². The first-order chi connectivity index (χ1) is 12.2. The van der Waals surface area contributed by atoms with Gasteiger partial charge in [-0.3, -0.25) is 9.79 Å². The summed E-state index contributed by atoms with van der Waals surface area (Å²) in [6.45, 7) is 1.37. The van der Waals surface area contributed by atoms with E-state index in [1.54, 1.807) is 19.2 Å². The number of hydrogen-bond acceptors (Lipinski definition) is 5. The van der Waals surface area contributed by atoms with Crippen molar-refractivity contribution in [2.45, 2.75) is 13.0 Å². The molecule has 8 heteroatoms. The standard InChI is InChI=1S/C17H20N4O4/c1-19-17(21-9-12-3-5-14(25-12)16(18)22)20-7-6-11-2-4-13-15(8-11)24-10-23-13/h2-5,8H,6-7,9-10H2,1H3,(H2,18,22)(H2,19,20,21). The van der Waals surface area contributed by atoms with Crippen molar-refractivity contribution in [3.8, 4) is 11.5 Å². The Labute approximate surface area is 145 Å². The molecule has 0 radical (unpaired) electrons. The molecular formula is C17H20N4O4. The number of guanidine groups is 1. The van der Waals surface area contributed by atoms with E-state index in [9.17, 15) is 4.79 Å². The third-order valence-corrected chi connectivity index (χ3v) is 3.70. The summed E-state index contributed by atoms with van der Waals surface area (Å²) in [5.74, 6) is 2.36. The van der Waals surface area contributed by atoms with Crippen LogP contribution in [0.15, 0.2) is 39.7 Å². The molecule has 8 nitrogen and oxygen atoms in total. The molecule has 2 aromatic rings. The molecule has 0 bridgehead atoms. The van der Waals surface area contributed by atoms with Crippen LogP contribution in [0.25, 0.3) is 0 Å². The predicted octanol–water partition coefficient (Wildman–Crippen LogP) is 1.01. The zero-order chi connectivity index (χ0) is 17.6. The van der Waals surface area contributed by atoms with Crippen LogP contribution in [0.3, 0.4) is 0 Å². The van der Waals surface area contributed by atoms with Gasteiger partial charge in [0.05, 0.1) is 6.54 Å². The van der Waals surface area contributed by atoms with Crippen LogP contribution >= 0.6 is 0 Å². The first kappa shape index (κ1) is 16.7. The number of hydrogen-bond donors (Lipinski definition) is 3. The normalized spacial score (nSPS) is 12.9. The molecule has 0 unspecified atom stereocenters. The van der Waals surface area contributed by atoms with E-state index in [2.05, 4.69) is 15.6 Å². The quantitative estimate of drug-likeness (QED) is 0.533. The van der Waals surface area contributed by atoms with Crippen molar-refractivity contribution < 1.29 is 18.7 Å². The molecule has 1 aromatic heterocycles. The highest BCUT2D eigenvalue weighted by Gasteiger charge is 2.13. The van der Waals surface area contributed by atoms with Crippen molar-refractivity contribution in [3.05, 3.63) is 47.4 Å². The second-order valence-corrected chi connectivity index (χ2v) is 5.42. The Morgan fingerprint density at radius 1 is 1.20 bits per heavy atom. The van der Waals surface area contributed by atoms with Gasteiger partial charge in [0.25, 0.3) is 5.91 Å². The average Bonchev–Trinajstić information content (AvgIpc) is 3.26. The fourth-order valence-electron chi connectivity index (χ4n) is 2.42. The second kappa shape index (κ2) is 7.61. The predicted molar refractivity (Wildman–Crippen MR) is 91.7 cm³/mol. The third-order valence-electron chi connectivity index (χ3n) is 3.70. The molecule has 0 aliphatic carbocycles. The van der Waals surface area contributed by atoms with Gasteiger partial charge in [-0.1, -0.05) is 6.07 Å². The summed E-state index contributed by atoms with van der Waals surface area (Å²) in [6, 6.07) is 9.16. The Kier molecular flexibility index (Phi) is 5.08. The number of ether oxygens (including phenoxy) is 2. The maximum atomic E-state index is 11.0. The van der Waals surface area contributed by atoms with Crippen LogP contribution in [0.1, 0.15) is 21.9 Å². The van der Waals surface area contributed by atoms with E-state index in [0.717, 1.165) is 23.5 Å². The number of nitrogens with zero attached hydrogens (tertiary/aromatic N) is 1. The van der Waals surface area contributed by atoms with Gasteiger partial charge in [0.2, 0.25) is 6.79 Å². The van der Waals surface area contributed by atoms with Gasteiger partial charge in [0.15, 0.2) is 23.2 Å². The van der Waals surface area contributed by atoms with Crippen LogP contribution in [-0.4, -0.2) is 32.3 Å². The van der Waals surface area contributed by atoms with Crippen molar-refractivity contribution in [1.29, 1.82) is 0 Å². The number of nitrogens with two attached hydrogens (primary N) is 1. The summed E-state index contributed by atoms with van der Waals surface area (Å²) in [5.41, 5.74) is 6.30. The summed E-state index contributed by atoms with van der Waals surface area (Å²) in [5, 5.41) is 6.33. The van der Waals surface area contributed by atoms with Crippen LogP contribution in [0, 0.1) is 0 Å². The molecule has 0 atom stereocenters. The summed E-state index contributed by atoms with van der Waals surface area (Å²) in [7, 11) is 1.69. The van der Waals surface area contributed by atoms with E-state index in [4.69, 9.17) is 19.6 Å². The van der Waals surface area contributed by atoms with Crippen molar-refractivity contribution in [2.75, 3.05) is 20.4 Å². The highest BCUT2D eigenvalue weighted by atomic mass is 16.7. The number of aliphatic imine (C=N–C) groups is 1. The highest BCUT2D eigenvalue weighted by Crippen LogP contribution is 2.32. The Morgan fingerprint density at radius 3 is 2.80 bits per heavy atom. The third kappa shape index (κ3) is 4.23. The number of carbonyl (C=O) groups is 1. The maximum absolute atomic E-state index is 11.0. The van der Waals surface area contributed by atoms with E-state index in [1.165, 1.54) is 0 Å². The van der Waals surface area contributed by atoms with E-state index in [0.29, 0.717) is 24.8 Å². The summed E-state index contributed by atoms with van der Waals surface area (Å²) in [6.07, 6.45) is 0.809. The number of rotatable bonds is 6. The van der Waals surface area contributed by atoms with Crippen molar-refractivity contribution in [3.63, 3.8) is 0 Å². The lowest BCUT2D eigenvalue weighted by molar-refractivity contribution is 0.0972. The Hall–Kier alpha value is -3.16. The van der Waals surface area contributed by atoms with Gasteiger partial charge in [-0.2, -0.15) is 0 Å². The molecule has 4 N–H and O–H groups in total. The molecule has 1 amide bonds. The fourth-order valence-corrected chi connectivity index (χ4v) is 2.42. The molecule has 132 valence electrons. The molecule has 1 aliphatic rings. The highest BCUT2D eigenvalue weighted by molar-refractivity contribution is 5.89. The zero-order valence-electron chi connectivity index (χ0n) is 13.9. The first-order valence-corrected chi connectivity index (χ1v) is 7.87. The van der Waals surface area contributed by atoms with Crippen LogP contribution < -0.4 is 25.8 Å². The minimum absolute atomic E-state index is 0.141. The van der Waals surface area contributed by atoms with Crippen LogP contribution in [0.5, 0.6) is 11.5 Å². The fraction of sp³-hybridized carbons (Fsp3) is 0.294. The first-order valence-electron chi connectivity index (χ1n) is 7.87. The number of primary amides is 1. The minimum atomic E-state index is -0.586. The van der Waals surface area contributed by atoms with Crippen molar-refractivity contribution >= 4 is 11.9 Å². The average molecular weight is 344 g/mol. The molecule has 1 aliphatic heterocycles. The molecule has 0 saturated carbocycles. The van der Waals surface area contributed by atoms with Crippen LogP contribution in [0.2, 0.25) is 0 Å². The van der Waals surface area contributed by atoms with Crippen LogP contribution in [-0.2, 0) is 13.0 Å². The lowest BCUT2D eigenvalue weighted by Crippen LogP contribution is -2.37. The number of carbonyl (C=O) groups excluding carboxylic acids is 1. The lowest BCUT2D eigenvalue weighted by atomic mass is 10.1. The topological polar surface area (TPSA) is 111 Å². The Balaban J connectivity index is 1.45. The molecule has 0 saturated heterocycles. The molecule has 0 spiro atoms. The van der Waals surface area contributed by atoms with E-state index >= 15 is 0 Å². The van der Waals surface area contributed by atoms with Crippen molar-refractivity contribution in [1.82, 2.24) is 10.6 Å². The van der Waals surface area contributed by atoms with E-state index in [-0.39, 0.29) is 12.6 Å². The summed E-state index contributed by atoms with van der Waals surface area (Å²) in [4.78, 5) is 15.2. The van der Waals surface area contributed by atoms with Gasteiger partial charge < -0.3 is 30.3 Å². The van der Waals surface area contributed by atoms with Gasteiger partial charge >= 0.3 is 0 Å². The number of fused-ring (bicyclic) bond motifs is 1. The molecule has 25 heavy (non-hydrogen) atoms. The number of furan rings is 1. The molecule has 1 aromatic carbocycles. The number of benzene rings is 1. The second-order valence-electron chi connectivity index (χ2n) is 5.42. The van der Waals surface area contributed by atoms with Crippen molar-refractivity contribution in [2.24, 2.45) is 10.7 Å². The zero-order valence-corrected chi connectivity index (χ0v) is 13.9. The lowest BCUT2D eigenvalue weighted by Gasteiger charge is -2.11. The minimum Gasteiger partial charge on any atom is -0.454 e. The van der Waals surface area contributed by atoms with Gasteiger partial charge in [0, 0.05) is 13.6 Å². The smallest absolute Gasteiger partial charge is 0.284 e. The van der Waals surface area contributed by atoms with Gasteiger partial charge in [0.1, 0.15) is 5.76 Å². The van der Waals surface area contributed by atoms with Gasteiger partial charge in [-0.15, -0.1) is 0 Å². The maximum Gasteiger partial charge on any atom is 0.284 e. The molecule has 2 heterocycles. The largest absolute Gasteiger partial charge is 0.454 e. The van der Waals surface area contributed by atoms with E-state index in [1.807, 2.05) is 18.2 Å². The van der Waals surface area contributed by atoms with Gasteiger partial charge in [-0.25, -0.2) is 0 Å². The molecular weight excluding hydrogens is 324 g/mol. The Morgan fingerprint density at radius 2 is 2.04 bits per heavy atom. The van der Waals surface area contributed by atoms with Gasteiger partial charge in [-0.05, 0) is 36.2 Å². The number of amides is 1. The summed E-state index contributed by atoms with van der Waals surface area (Å²) >= 11 is 0.